The van der Waals surface area contributed by atoms with E-state index in [0.29, 0.717) is 16.2 Å². The van der Waals surface area contributed by atoms with Gasteiger partial charge >= 0.3 is 0 Å². The molecule has 0 radical (unpaired) electrons. The fraction of sp³-hybridized carbons (Fsp3) is 0. The maximum atomic E-state index is 12.3. The van der Waals surface area contributed by atoms with Gasteiger partial charge in [-0.25, -0.2) is 0 Å². The van der Waals surface area contributed by atoms with Gasteiger partial charge in [-0.05, 0) is 48.6 Å². The second kappa shape index (κ2) is 6.69. The Morgan fingerprint density at radius 1 is 1.30 bits per heavy atom. The molecule has 1 fully saturated rings. The molecule has 2 heterocycles. The highest BCUT2D eigenvalue weighted by molar-refractivity contribution is 9.10. The molecule has 3 rings (SSSR count). The number of hydrogen-bond acceptors (Lipinski definition) is 5. The van der Waals surface area contributed by atoms with Gasteiger partial charge < -0.3 is 4.42 Å². The highest BCUT2D eigenvalue weighted by Crippen LogP contribution is 2.31. The fourth-order valence-corrected chi connectivity index (χ4v) is 3.26. The lowest BCUT2D eigenvalue weighted by molar-refractivity contribution is -0.123. The Labute approximate surface area is 149 Å². The summed E-state index contributed by atoms with van der Waals surface area (Å²) in [5, 5.41) is 1.07. The maximum Gasteiger partial charge on any atom is 0.285 e. The summed E-state index contributed by atoms with van der Waals surface area (Å²) in [7, 11) is 0. The molecule has 1 aliphatic heterocycles. The molecule has 5 nitrogen and oxygen atoms in total. The first kappa shape index (κ1) is 16.0. The molecule has 2 amide bonds. The lowest BCUT2D eigenvalue weighted by atomic mass is 10.2. The number of halogens is 1. The van der Waals surface area contributed by atoms with E-state index in [9.17, 15) is 9.59 Å². The van der Waals surface area contributed by atoms with Crippen molar-refractivity contribution < 1.29 is 14.0 Å². The third-order valence-corrected chi connectivity index (χ3v) is 4.76. The van der Waals surface area contributed by atoms with Crippen molar-refractivity contribution in [1.29, 1.82) is 0 Å². The molecule has 0 aliphatic carbocycles. The Hall–Kier alpha value is -1.90. The molecule has 0 unspecified atom stereocenters. The Bertz CT molecular complexity index is 801. The monoisotopic (exact) mass is 408 g/mol. The van der Waals surface area contributed by atoms with Gasteiger partial charge in [-0.3, -0.25) is 15.0 Å². The number of hydrogen-bond donors (Lipinski definition) is 1. The predicted molar refractivity (Wildman–Crippen MR) is 95.3 cm³/mol. The summed E-state index contributed by atoms with van der Waals surface area (Å²) < 4.78 is 6.30. The molecule has 1 aliphatic rings. The number of hydrazine groups is 1. The number of furan rings is 1. The van der Waals surface area contributed by atoms with Crippen LogP contribution in [0.1, 0.15) is 16.1 Å². The van der Waals surface area contributed by atoms with Crippen molar-refractivity contribution in [3.8, 4) is 0 Å². The van der Waals surface area contributed by atoms with Crippen molar-refractivity contribution in [2.24, 2.45) is 0 Å². The van der Waals surface area contributed by atoms with E-state index in [0.717, 1.165) is 21.2 Å². The summed E-state index contributed by atoms with van der Waals surface area (Å²) in [6.07, 6.45) is 3.10. The molecule has 2 aromatic rings. The van der Waals surface area contributed by atoms with Crippen LogP contribution >= 0.6 is 39.9 Å². The third-order valence-electron chi connectivity index (χ3n) is 2.93. The minimum atomic E-state index is -0.409. The average molecular weight is 409 g/mol. The first-order valence-electron chi connectivity index (χ1n) is 6.42. The molecule has 0 spiro atoms. The maximum absolute atomic E-state index is 12.3. The van der Waals surface area contributed by atoms with E-state index in [-0.39, 0.29) is 10.2 Å². The zero-order valence-electron chi connectivity index (χ0n) is 11.5. The van der Waals surface area contributed by atoms with Crippen LogP contribution in [0.15, 0.2) is 56.5 Å². The van der Waals surface area contributed by atoms with Crippen LogP contribution in [0.4, 0.5) is 0 Å². The molecule has 0 bridgehead atoms. The van der Waals surface area contributed by atoms with E-state index >= 15 is 0 Å². The van der Waals surface area contributed by atoms with E-state index in [1.807, 2.05) is 0 Å². The van der Waals surface area contributed by atoms with Crippen LogP contribution in [0.25, 0.3) is 6.08 Å². The summed E-state index contributed by atoms with van der Waals surface area (Å²) in [6, 6.07) is 10.2. The first-order chi connectivity index (χ1) is 11.0. The van der Waals surface area contributed by atoms with Gasteiger partial charge in [0, 0.05) is 16.1 Å². The van der Waals surface area contributed by atoms with Crippen LogP contribution in [0.3, 0.4) is 0 Å². The zero-order chi connectivity index (χ0) is 16.4. The smallest absolute Gasteiger partial charge is 0.285 e. The van der Waals surface area contributed by atoms with Crippen LogP contribution in [-0.2, 0) is 4.79 Å². The number of nitrogens with one attached hydrogen (secondary N) is 1. The second-order valence-corrected chi connectivity index (χ2v) is 7.07. The molecule has 1 N–H and O–H groups in total. The molecule has 8 heteroatoms. The second-order valence-electron chi connectivity index (χ2n) is 4.48. The number of rotatable bonds is 3. The molecule has 1 saturated heterocycles. The average Bonchev–Trinajstić information content (AvgIpc) is 3.12. The quantitative estimate of drug-likeness (QED) is 0.620. The number of carbonyl (C=O) groups excluding carboxylic acids is 2. The first-order valence-corrected chi connectivity index (χ1v) is 8.44. The highest BCUT2D eigenvalue weighted by Gasteiger charge is 2.34. The van der Waals surface area contributed by atoms with Crippen LogP contribution in [0, 0.1) is 0 Å². The molecule has 1 aromatic carbocycles. The van der Waals surface area contributed by atoms with Crippen LogP contribution in [-0.4, -0.2) is 21.1 Å². The fourth-order valence-electron chi connectivity index (χ4n) is 1.83. The standard InChI is InChI=1S/C15H9BrN2O3S2/c16-10-5-3-9(4-6-10)13(19)17-18-14(20)12(23-15(18)22)8-11-2-1-7-21-11/h1-8H,(H,17,19). The van der Waals surface area contributed by atoms with E-state index in [1.54, 1.807) is 42.5 Å². The summed E-state index contributed by atoms with van der Waals surface area (Å²) in [5.41, 5.74) is 2.95. The van der Waals surface area contributed by atoms with Gasteiger partial charge in [0.25, 0.3) is 11.8 Å². The zero-order valence-corrected chi connectivity index (χ0v) is 14.7. The molecule has 0 atom stereocenters. The normalized spacial score (nSPS) is 16.2. The minimum absolute atomic E-state index is 0.262. The van der Waals surface area contributed by atoms with Crippen molar-refractivity contribution in [3.63, 3.8) is 0 Å². The summed E-state index contributed by atoms with van der Waals surface area (Å²) in [5.74, 6) is -0.250. The van der Waals surface area contributed by atoms with Crippen molar-refractivity contribution in [2.45, 2.75) is 0 Å². The minimum Gasteiger partial charge on any atom is -0.465 e. The lowest BCUT2D eigenvalue weighted by Crippen LogP contribution is -2.44. The van der Waals surface area contributed by atoms with Gasteiger partial charge in [-0.1, -0.05) is 27.7 Å². The molecular formula is C15H9BrN2O3S2. The highest BCUT2D eigenvalue weighted by atomic mass is 79.9. The number of benzene rings is 1. The van der Waals surface area contributed by atoms with Crippen molar-refractivity contribution in [2.75, 3.05) is 0 Å². The van der Waals surface area contributed by atoms with Crippen molar-refractivity contribution >= 4 is 62.1 Å². The number of thioether (sulfide) groups is 1. The number of nitrogens with zero attached hydrogens (tertiary/aromatic N) is 1. The topological polar surface area (TPSA) is 62.6 Å². The predicted octanol–water partition coefficient (Wildman–Crippen LogP) is 3.59. The molecule has 1 aromatic heterocycles. The van der Waals surface area contributed by atoms with Gasteiger partial charge in [-0.2, -0.15) is 5.01 Å². The number of thiocarbonyl (C=S) groups is 1. The van der Waals surface area contributed by atoms with E-state index in [2.05, 4.69) is 21.4 Å². The van der Waals surface area contributed by atoms with Gasteiger partial charge in [0.15, 0.2) is 4.32 Å². The van der Waals surface area contributed by atoms with Crippen LogP contribution in [0.5, 0.6) is 0 Å². The van der Waals surface area contributed by atoms with Crippen LogP contribution in [0.2, 0.25) is 0 Å². The van der Waals surface area contributed by atoms with Gasteiger partial charge in [0.2, 0.25) is 0 Å². The van der Waals surface area contributed by atoms with Gasteiger partial charge in [0.05, 0.1) is 11.2 Å². The Morgan fingerprint density at radius 3 is 2.70 bits per heavy atom. The third kappa shape index (κ3) is 3.54. The van der Waals surface area contributed by atoms with E-state index < -0.39 is 5.91 Å². The number of amides is 2. The number of carbonyl (C=O) groups is 2. The van der Waals surface area contributed by atoms with Gasteiger partial charge in [0.1, 0.15) is 5.76 Å². The molecule has 116 valence electrons. The summed E-state index contributed by atoms with van der Waals surface area (Å²) in [4.78, 5) is 24.9. The largest absolute Gasteiger partial charge is 0.465 e. The van der Waals surface area contributed by atoms with Gasteiger partial charge in [-0.15, -0.1) is 0 Å². The molecule has 23 heavy (non-hydrogen) atoms. The van der Waals surface area contributed by atoms with Crippen molar-refractivity contribution in [1.82, 2.24) is 10.4 Å². The molecule has 0 saturated carbocycles. The summed E-state index contributed by atoms with van der Waals surface area (Å²) >= 11 is 9.56. The van der Waals surface area contributed by atoms with Crippen molar-refractivity contribution in [3.05, 3.63) is 63.4 Å². The molecular weight excluding hydrogens is 400 g/mol. The lowest BCUT2D eigenvalue weighted by Gasteiger charge is -2.15. The Balaban J connectivity index is 1.75. The van der Waals surface area contributed by atoms with E-state index in [1.165, 1.54) is 6.26 Å². The summed E-state index contributed by atoms with van der Waals surface area (Å²) in [6.45, 7) is 0. The van der Waals surface area contributed by atoms with E-state index in [4.69, 9.17) is 16.6 Å². The SMILES string of the molecule is O=C(NN1C(=O)C(=Cc2ccco2)SC1=S)c1ccc(Br)cc1. The van der Waals surface area contributed by atoms with Crippen LogP contribution < -0.4 is 5.43 Å². The Kier molecular flexibility index (Phi) is 4.65. The Morgan fingerprint density at radius 2 is 2.04 bits per heavy atom.